The minimum atomic E-state index is -0.777. The minimum absolute atomic E-state index is 0.156. The Morgan fingerprint density at radius 3 is 2.82 bits per heavy atom. The van der Waals surface area contributed by atoms with Gasteiger partial charge < -0.3 is 9.47 Å². The van der Waals surface area contributed by atoms with Gasteiger partial charge in [-0.25, -0.2) is 10.4 Å². The van der Waals surface area contributed by atoms with Gasteiger partial charge in [-0.1, -0.05) is 42.5 Å². The van der Waals surface area contributed by atoms with Crippen LogP contribution >= 0.6 is 11.6 Å². The molecule has 0 aliphatic rings. The van der Waals surface area contributed by atoms with E-state index in [9.17, 15) is 9.18 Å². The first-order chi connectivity index (χ1) is 16.0. The van der Waals surface area contributed by atoms with Gasteiger partial charge in [0.15, 0.2) is 11.5 Å². The van der Waals surface area contributed by atoms with Gasteiger partial charge in [-0.05, 0) is 51.7 Å². The Labute approximate surface area is 193 Å². The maximum Gasteiger partial charge on any atom is 0.260 e. The summed E-state index contributed by atoms with van der Waals surface area (Å²) in [6.07, 6.45) is 2.54. The number of rotatable bonds is 7. The van der Waals surface area contributed by atoms with Crippen LogP contribution in [0.5, 0.6) is 17.4 Å². The average Bonchev–Trinajstić information content (AvgIpc) is 2.82. The molecule has 3 aromatic carbocycles. The van der Waals surface area contributed by atoms with E-state index in [1.165, 1.54) is 13.3 Å². The Bertz CT molecular complexity index is 1340. The zero-order chi connectivity index (χ0) is 23.2. The predicted octanol–water partition coefficient (Wildman–Crippen LogP) is 4.92. The maximum absolute atomic E-state index is 13.9. The molecule has 0 atom stereocenters. The van der Waals surface area contributed by atoms with Crippen molar-refractivity contribution >= 4 is 34.5 Å². The molecule has 9 heteroatoms. The number of fused-ring (bicyclic) bond motifs is 1. The molecule has 4 aromatic rings. The van der Waals surface area contributed by atoms with E-state index < -0.39 is 5.82 Å². The van der Waals surface area contributed by atoms with E-state index >= 15 is 0 Å². The lowest BCUT2D eigenvalue weighted by atomic mass is 10.0. The Morgan fingerprint density at radius 1 is 1.15 bits per heavy atom. The smallest absolute Gasteiger partial charge is 0.260 e. The van der Waals surface area contributed by atoms with Crippen molar-refractivity contribution in [1.82, 2.24) is 15.4 Å². The molecule has 0 spiro atoms. The van der Waals surface area contributed by atoms with Gasteiger partial charge in [0.25, 0.3) is 5.88 Å². The van der Waals surface area contributed by atoms with Gasteiger partial charge in [0, 0.05) is 0 Å². The van der Waals surface area contributed by atoms with Gasteiger partial charge in [-0.3, -0.25) is 4.79 Å². The fourth-order valence-corrected chi connectivity index (χ4v) is 3.32. The summed E-state index contributed by atoms with van der Waals surface area (Å²) in [5.41, 5.74) is 4.01. The van der Waals surface area contributed by atoms with Crippen LogP contribution in [0, 0.1) is 5.82 Å². The quantitative estimate of drug-likeness (QED) is 0.238. The van der Waals surface area contributed by atoms with Crippen LogP contribution in [0.25, 0.3) is 10.8 Å². The molecule has 0 radical (unpaired) electrons. The molecule has 1 N–H and O–H groups in total. The summed E-state index contributed by atoms with van der Waals surface area (Å²) in [4.78, 5) is 19.7. The molecular weight excluding hydrogens is 447 g/mol. The fraction of sp³-hybridized carbons (Fsp3) is 0.0833. The van der Waals surface area contributed by atoms with Crippen LogP contribution in [0.1, 0.15) is 11.1 Å². The maximum atomic E-state index is 13.9. The summed E-state index contributed by atoms with van der Waals surface area (Å²) in [6, 6.07) is 18.6. The highest BCUT2D eigenvalue weighted by molar-refractivity contribution is 6.28. The third-order valence-corrected chi connectivity index (χ3v) is 4.89. The highest BCUT2D eigenvalue weighted by Gasteiger charge is 2.13. The lowest BCUT2D eigenvalue weighted by molar-refractivity contribution is -0.120. The summed E-state index contributed by atoms with van der Waals surface area (Å²) < 4.78 is 24.7. The van der Waals surface area contributed by atoms with Crippen LogP contribution in [0.15, 0.2) is 72.0 Å². The molecule has 1 amide bonds. The van der Waals surface area contributed by atoms with E-state index in [1.54, 1.807) is 18.2 Å². The summed E-state index contributed by atoms with van der Waals surface area (Å²) in [6.45, 7) is 0. The molecule has 166 valence electrons. The van der Waals surface area contributed by atoms with Crippen molar-refractivity contribution in [3.8, 4) is 17.4 Å². The average molecular weight is 465 g/mol. The highest BCUT2D eigenvalue weighted by Crippen LogP contribution is 2.32. The van der Waals surface area contributed by atoms with Crippen molar-refractivity contribution < 1.29 is 18.7 Å². The van der Waals surface area contributed by atoms with Crippen molar-refractivity contribution in [2.45, 2.75) is 6.42 Å². The largest absolute Gasteiger partial charge is 0.493 e. The van der Waals surface area contributed by atoms with Crippen LogP contribution in [-0.2, 0) is 11.2 Å². The Hall–Kier alpha value is -4.04. The molecule has 0 fully saturated rings. The van der Waals surface area contributed by atoms with E-state index in [4.69, 9.17) is 21.1 Å². The number of hydrogen-bond acceptors (Lipinski definition) is 6. The van der Waals surface area contributed by atoms with Gasteiger partial charge in [-0.15, -0.1) is 0 Å². The summed E-state index contributed by atoms with van der Waals surface area (Å²) >= 11 is 5.71. The van der Waals surface area contributed by atoms with Gasteiger partial charge >= 0.3 is 0 Å². The highest BCUT2D eigenvalue weighted by atomic mass is 35.5. The number of methoxy groups -OCH3 is 1. The molecule has 0 aliphatic carbocycles. The van der Waals surface area contributed by atoms with Crippen LogP contribution in [0.2, 0.25) is 5.28 Å². The molecule has 4 rings (SSSR count). The van der Waals surface area contributed by atoms with Crippen molar-refractivity contribution in [3.63, 3.8) is 0 Å². The van der Waals surface area contributed by atoms with Crippen LogP contribution < -0.4 is 14.9 Å². The van der Waals surface area contributed by atoms with Gasteiger partial charge in [0.1, 0.15) is 0 Å². The van der Waals surface area contributed by atoms with Crippen LogP contribution in [0.3, 0.4) is 0 Å². The number of benzene rings is 3. The van der Waals surface area contributed by atoms with Crippen molar-refractivity contribution in [2.75, 3.05) is 7.11 Å². The van der Waals surface area contributed by atoms with Crippen molar-refractivity contribution in [1.29, 1.82) is 0 Å². The first-order valence-corrected chi connectivity index (χ1v) is 10.2. The second-order valence-corrected chi connectivity index (χ2v) is 7.25. The molecule has 1 heterocycles. The van der Waals surface area contributed by atoms with Gasteiger partial charge in [0.2, 0.25) is 17.0 Å². The second-order valence-electron chi connectivity index (χ2n) is 6.91. The lowest BCUT2D eigenvalue weighted by Crippen LogP contribution is -2.19. The number of aromatic nitrogens is 2. The predicted molar refractivity (Wildman–Crippen MR) is 123 cm³/mol. The number of ether oxygens (including phenoxy) is 2. The molecule has 0 bridgehead atoms. The summed E-state index contributed by atoms with van der Waals surface area (Å²) in [5, 5.41) is 5.95. The number of nitrogens with zero attached hydrogens (tertiary/aromatic N) is 3. The zero-order valence-corrected chi connectivity index (χ0v) is 18.2. The molecule has 0 aliphatic heterocycles. The number of amides is 1. The third kappa shape index (κ3) is 5.42. The number of hydrazone groups is 1. The zero-order valence-electron chi connectivity index (χ0n) is 17.5. The van der Waals surface area contributed by atoms with Crippen LogP contribution in [0.4, 0.5) is 4.39 Å². The molecule has 0 unspecified atom stereocenters. The number of carbonyl (C=O) groups is 1. The van der Waals surface area contributed by atoms with Crippen molar-refractivity contribution in [2.24, 2.45) is 5.10 Å². The number of hydrogen-bond donors (Lipinski definition) is 1. The molecule has 0 saturated carbocycles. The molecule has 0 saturated heterocycles. The number of nitrogens with one attached hydrogen (secondary N) is 1. The first kappa shape index (κ1) is 22.2. The number of halogens is 2. The van der Waals surface area contributed by atoms with Gasteiger partial charge in [-0.2, -0.15) is 14.5 Å². The monoisotopic (exact) mass is 464 g/mol. The van der Waals surface area contributed by atoms with E-state index in [2.05, 4.69) is 20.5 Å². The molecular formula is C24H18ClFN4O3. The fourth-order valence-electron chi connectivity index (χ4n) is 3.20. The first-order valence-electron chi connectivity index (χ1n) is 9.86. The summed E-state index contributed by atoms with van der Waals surface area (Å²) in [7, 11) is 1.45. The third-order valence-electron chi connectivity index (χ3n) is 4.71. The standard InChI is InChI=1S/C24H18ClFN4O3/c1-32-20-10-9-15(11-21(20)33-23-19(26)14-27-24(25)29-23)13-28-30-22(31)12-17-7-4-6-16-5-2-3-8-18(16)17/h2-11,13-14H,12H2,1H3,(H,30,31)/b28-13+. The topological polar surface area (TPSA) is 85.7 Å². The van der Waals surface area contributed by atoms with E-state index in [1.807, 2.05) is 42.5 Å². The van der Waals surface area contributed by atoms with Crippen molar-refractivity contribution in [3.05, 3.63) is 89.1 Å². The van der Waals surface area contributed by atoms with Gasteiger partial charge in [0.05, 0.1) is 25.9 Å². The Kier molecular flexibility index (Phi) is 6.75. The number of carbonyl (C=O) groups excluding carboxylic acids is 1. The lowest BCUT2D eigenvalue weighted by Gasteiger charge is -2.10. The molecule has 33 heavy (non-hydrogen) atoms. The Morgan fingerprint density at radius 2 is 1.97 bits per heavy atom. The summed E-state index contributed by atoms with van der Waals surface area (Å²) in [5.74, 6) is -0.837. The second kappa shape index (κ2) is 10.1. The molecule has 7 nitrogen and oxygen atoms in total. The van der Waals surface area contributed by atoms with E-state index in [0.717, 1.165) is 22.5 Å². The van der Waals surface area contributed by atoms with E-state index in [0.29, 0.717) is 11.3 Å². The minimum Gasteiger partial charge on any atom is -0.493 e. The normalized spacial score (nSPS) is 11.0. The SMILES string of the molecule is COc1ccc(/C=N/NC(=O)Cc2cccc3ccccc23)cc1Oc1nc(Cl)ncc1F. The molecule has 1 aromatic heterocycles. The van der Waals surface area contributed by atoms with E-state index in [-0.39, 0.29) is 29.2 Å². The Balaban J connectivity index is 1.46. The van der Waals surface area contributed by atoms with Crippen LogP contribution in [-0.4, -0.2) is 29.2 Å².